The van der Waals surface area contributed by atoms with Crippen molar-refractivity contribution in [2.24, 2.45) is 17.3 Å². The summed E-state index contributed by atoms with van der Waals surface area (Å²) in [4.78, 5) is 15.4. The van der Waals surface area contributed by atoms with Crippen molar-refractivity contribution < 1.29 is 14.6 Å². The number of aryl methyl sites for hydroxylation is 1. The van der Waals surface area contributed by atoms with Crippen molar-refractivity contribution in [2.45, 2.75) is 78.2 Å². The molecular weight excluding hydrogens is 412 g/mol. The Hall–Kier alpha value is -1.43. The van der Waals surface area contributed by atoms with E-state index in [1.54, 1.807) is 7.11 Å². The SMILES string of the molecule is CNC[C@@H](CC(=O)N1CCC[C@@H]([C@@](O)(CCCCOC)c2cccc(C)c2)C1)CC(C)(C)C. The van der Waals surface area contributed by atoms with E-state index in [2.05, 4.69) is 51.2 Å². The van der Waals surface area contributed by atoms with Gasteiger partial charge in [-0.15, -0.1) is 0 Å². The quantitative estimate of drug-likeness (QED) is 0.436. The summed E-state index contributed by atoms with van der Waals surface area (Å²) in [5.74, 6) is 0.604. The topological polar surface area (TPSA) is 61.8 Å². The third kappa shape index (κ3) is 8.70. The van der Waals surface area contributed by atoms with Crippen molar-refractivity contribution in [3.05, 3.63) is 35.4 Å². The second-order valence-corrected chi connectivity index (χ2v) is 11.3. The standard InChI is InChI=1S/C28H48N2O3/c1-22-11-9-12-24(17-22)28(32,14-7-8-16-33-6)25-13-10-15-30(21-25)26(31)18-23(20-29-5)19-27(2,3)4/h9,11-12,17,23,25,29,32H,7-8,10,13-16,18-21H2,1-6H3/t23-,25+,28+/m0/s1. The summed E-state index contributed by atoms with van der Waals surface area (Å²) in [6, 6.07) is 8.27. The van der Waals surface area contributed by atoms with Crippen LogP contribution in [0.3, 0.4) is 0 Å². The molecule has 0 aromatic heterocycles. The molecule has 3 atom stereocenters. The van der Waals surface area contributed by atoms with Crippen LogP contribution in [0.25, 0.3) is 0 Å². The maximum absolute atomic E-state index is 13.3. The number of benzene rings is 1. The molecule has 1 aromatic carbocycles. The molecule has 2 N–H and O–H groups in total. The number of rotatable bonds is 12. The predicted molar refractivity (Wildman–Crippen MR) is 136 cm³/mol. The lowest BCUT2D eigenvalue weighted by molar-refractivity contribution is -0.138. The minimum Gasteiger partial charge on any atom is -0.385 e. The molecule has 1 aliphatic heterocycles. The summed E-state index contributed by atoms with van der Waals surface area (Å²) in [6.07, 6.45) is 6.00. The summed E-state index contributed by atoms with van der Waals surface area (Å²) in [7, 11) is 3.68. The minimum atomic E-state index is -0.922. The predicted octanol–water partition coefficient (Wildman–Crippen LogP) is 4.90. The number of carbonyl (C=O) groups excluding carboxylic acids is 1. The molecule has 0 aliphatic carbocycles. The van der Waals surface area contributed by atoms with Gasteiger partial charge in [-0.05, 0) is 75.9 Å². The number of amides is 1. The number of nitrogens with zero attached hydrogens (tertiary/aromatic N) is 1. The number of hydrogen-bond donors (Lipinski definition) is 2. The fourth-order valence-electron chi connectivity index (χ4n) is 5.48. The highest BCUT2D eigenvalue weighted by molar-refractivity contribution is 5.76. The molecule has 0 saturated carbocycles. The van der Waals surface area contributed by atoms with E-state index in [9.17, 15) is 9.90 Å². The Bertz CT molecular complexity index is 730. The Labute approximate surface area is 202 Å². The van der Waals surface area contributed by atoms with Crippen molar-refractivity contribution >= 4 is 5.91 Å². The summed E-state index contributed by atoms with van der Waals surface area (Å²) in [6.45, 7) is 11.8. The zero-order chi connectivity index (χ0) is 24.5. The van der Waals surface area contributed by atoms with Crippen LogP contribution in [0.5, 0.6) is 0 Å². The first-order chi connectivity index (χ1) is 15.6. The minimum absolute atomic E-state index is 0.0462. The highest BCUT2D eigenvalue weighted by atomic mass is 16.5. The van der Waals surface area contributed by atoms with Gasteiger partial charge < -0.3 is 20.1 Å². The van der Waals surface area contributed by atoms with Crippen molar-refractivity contribution in [3.8, 4) is 0 Å². The molecule has 188 valence electrons. The van der Waals surface area contributed by atoms with E-state index in [0.717, 1.165) is 56.3 Å². The maximum atomic E-state index is 13.3. The number of ether oxygens (including phenoxy) is 1. The first-order valence-corrected chi connectivity index (χ1v) is 12.8. The van der Waals surface area contributed by atoms with Gasteiger partial charge in [0.25, 0.3) is 0 Å². The smallest absolute Gasteiger partial charge is 0.222 e. The molecule has 1 aliphatic rings. The van der Waals surface area contributed by atoms with Crippen molar-refractivity contribution in [1.29, 1.82) is 0 Å². The van der Waals surface area contributed by atoms with Gasteiger partial charge in [0, 0.05) is 39.1 Å². The van der Waals surface area contributed by atoms with Crippen LogP contribution in [0, 0.1) is 24.2 Å². The summed E-state index contributed by atoms with van der Waals surface area (Å²) >= 11 is 0. The van der Waals surface area contributed by atoms with Gasteiger partial charge >= 0.3 is 0 Å². The fraction of sp³-hybridized carbons (Fsp3) is 0.750. The molecule has 1 heterocycles. The molecular formula is C28H48N2O3. The zero-order valence-corrected chi connectivity index (χ0v) is 22.0. The molecule has 5 nitrogen and oxygen atoms in total. The summed E-state index contributed by atoms with van der Waals surface area (Å²) in [5.41, 5.74) is 1.41. The highest BCUT2D eigenvalue weighted by Gasteiger charge is 2.41. The van der Waals surface area contributed by atoms with Crippen molar-refractivity contribution in [1.82, 2.24) is 10.2 Å². The maximum Gasteiger partial charge on any atom is 0.222 e. The Morgan fingerprint density at radius 3 is 2.70 bits per heavy atom. The molecule has 33 heavy (non-hydrogen) atoms. The van der Waals surface area contributed by atoms with Crippen LogP contribution in [-0.2, 0) is 15.1 Å². The Kier molecular flexibility index (Phi) is 10.8. The molecule has 1 aromatic rings. The van der Waals surface area contributed by atoms with Gasteiger partial charge in [0.05, 0.1) is 5.60 Å². The lowest BCUT2D eigenvalue weighted by Gasteiger charge is -2.43. The van der Waals surface area contributed by atoms with E-state index in [-0.39, 0.29) is 17.2 Å². The van der Waals surface area contributed by atoms with E-state index < -0.39 is 5.60 Å². The van der Waals surface area contributed by atoms with E-state index in [1.165, 1.54) is 0 Å². The van der Waals surface area contributed by atoms with Crippen molar-refractivity contribution in [2.75, 3.05) is 40.4 Å². The van der Waals surface area contributed by atoms with Crippen LogP contribution < -0.4 is 5.32 Å². The van der Waals surface area contributed by atoms with E-state index in [0.29, 0.717) is 31.9 Å². The van der Waals surface area contributed by atoms with E-state index in [4.69, 9.17) is 4.74 Å². The van der Waals surface area contributed by atoms with Crippen LogP contribution in [0.15, 0.2) is 24.3 Å². The molecule has 5 heteroatoms. The number of carbonyl (C=O) groups is 1. The molecule has 1 amide bonds. The third-order valence-electron chi connectivity index (χ3n) is 6.98. The van der Waals surface area contributed by atoms with Gasteiger partial charge in [-0.2, -0.15) is 0 Å². The van der Waals surface area contributed by atoms with Gasteiger partial charge in [-0.1, -0.05) is 50.6 Å². The fourth-order valence-corrected chi connectivity index (χ4v) is 5.48. The van der Waals surface area contributed by atoms with Gasteiger partial charge in [-0.25, -0.2) is 0 Å². The highest BCUT2D eigenvalue weighted by Crippen LogP contribution is 2.40. The molecule has 0 spiro atoms. The molecule has 0 unspecified atom stereocenters. The molecule has 0 bridgehead atoms. The Balaban J connectivity index is 2.16. The van der Waals surface area contributed by atoms with Gasteiger partial charge in [0.1, 0.15) is 0 Å². The zero-order valence-electron chi connectivity index (χ0n) is 22.0. The average molecular weight is 461 g/mol. The second-order valence-electron chi connectivity index (χ2n) is 11.3. The lowest BCUT2D eigenvalue weighted by atomic mass is 9.73. The number of methoxy groups -OCH3 is 1. The Morgan fingerprint density at radius 2 is 2.06 bits per heavy atom. The lowest BCUT2D eigenvalue weighted by Crippen LogP contribution is -2.48. The molecule has 2 rings (SSSR count). The first kappa shape index (κ1) is 27.8. The van der Waals surface area contributed by atoms with Gasteiger partial charge in [0.2, 0.25) is 5.91 Å². The molecule has 1 fully saturated rings. The van der Waals surface area contributed by atoms with Gasteiger partial charge in [0.15, 0.2) is 0 Å². The second kappa shape index (κ2) is 12.9. The molecule has 1 saturated heterocycles. The van der Waals surface area contributed by atoms with Crippen LogP contribution >= 0.6 is 0 Å². The number of aliphatic hydroxyl groups is 1. The van der Waals surface area contributed by atoms with E-state index in [1.807, 2.05) is 18.0 Å². The summed E-state index contributed by atoms with van der Waals surface area (Å²) in [5, 5.41) is 15.3. The van der Waals surface area contributed by atoms with Gasteiger partial charge in [-0.3, -0.25) is 4.79 Å². The Morgan fingerprint density at radius 1 is 1.30 bits per heavy atom. The number of unbranched alkanes of at least 4 members (excludes halogenated alkanes) is 1. The average Bonchev–Trinajstić information content (AvgIpc) is 2.75. The molecule has 0 radical (unpaired) electrons. The normalized spacial score (nSPS) is 19.8. The number of piperidine rings is 1. The van der Waals surface area contributed by atoms with Crippen LogP contribution in [0.1, 0.15) is 76.8 Å². The monoisotopic (exact) mass is 460 g/mol. The van der Waals surface area contributed by atoms with Crippen LogP contribution in [0.4, 0.5) is 0 Å². The van der Waals surface area contributed by atoms with Crippen molar-refractivity contribution in [3.63, 3.8) is 0 Å². The summed E-state index contributed by atoms with van der Waals surface area (Å²) < 4.78 is 5.23. The largest absolute Gasteiger partial charge is 0.385 e. The van der Waals surface area contributed by atoms with E-state index >= 15 is 0 Å². The number of nitrogens with one attached hydrogen (secondary N) is 1. The number of likely N-dealkylation sites (tertiary alicyclic amines) is 1. The third-order valence-corrected chi connectivity index (χ3v) is 6.98. The first-order valence-electron chi connectivity index (χ1n) is 12.8. The van der Waals surface area contributed by atoms with Crippen LogP contribution in [-0.4, -0.2) is 56.3 Å². The van der Waals surface area contributed by atoms with Crippen LogP contribution in [0.2, 0.25) is 0 Å². The number of hydrogen-bond acceptors (Lipinski definition) is 4.